The number of sulfonamides is 1. The molecule has 2 amide bonds. The minimum atomic E-state index is -4.32. The van der Waals surface area contributed by atoms with Crippen molar-refractivity contribution < 1.29 is 22.4 Å². The number of amides is 2. The molecule has 0 heterocycles. The summed E-state index contributed by atoms with van der Waals surface area (Å²) >= 11 is 18.8. The van der Waals surface area contributed by atoms with E-state index in [2.05, 4.69) is 5.32 Å². The minimum Gasteiger partial charge on any atom is -0.352 e. The number of halogens is 4. The molecule has 0 aliphatic carbocycles. The second-order valence-electron chi connectivity index (χ2n) is 9.23. The molecule has 0 bridgehead atoms. The number of hydrogen-bond donors (Lipinski definition) is 1. The zero-order valence-corrected chi connectivity index (χ0v) is 25.2. The Balaban J connectivity index is 2.12. The van der Waals surface area contributed by atoms with E-state index in [0.29, 0.717) is 5.56 Å². The molecule has 3 aromatic rings. The van der Waals surface area contributed by atoms with Gasteiger partial charge < -0.3 is 10.2 Å². The number of rotatable bonds is 11. The predicted molar refractivity (Wildman–Crippen MR) is 157 cm³/mol. The van der Waals surface area contributed by atoms with Gasteiger partial charge in [0.2, 0.25) is 11.8 Å². The lowest BCUT2D eigenvalue weighted by Crippen LogP contribution is -2.53. The standard InChI is InChI=1S/C28H29Cl3FN3O4S/c1-4-26(28(37)33-18(2)3)34(16-21-22(29)11-8-12-23(21)30)27(36)17-35(19-13-14-25(32)24(31)15-19)40(38,39)20-9-6-5-7-10-20/h5-15,18,26H,4,16-17H2,1-3H3,(H,33,37). The first-order valence-electron chi connectivity index (χ1n) is 12.4. The van der Waals surface area contributed by atoms with Crippen molar-refractivity contribution >= 4 is 62.3 Å². The first-order chi connectivity index (χ1) is 18.9. The topological polar surface area (TPSA) is 86.8 Å². The van der Waals surface area contributed by atoms with Crippen LogP contribution >= 0.6 is 34.8 Å². The van der Waals surface area contributed by atoms with Crippen LogP contribution in [0.3, 0.4) is 0 Å². The van der Waals surface area contributed by atoms with Crippen molar-refractivity contribution in [2.75, 3.05) is 10.8 Å². The quantitative estimate of drug-likeness (QED) is 0.270. The molecule has 214 valence electrons. The van der Waals surface area contributed by atoms with Crippen LogP contribution in [-0.2, 0) is 26.2 Å². The van der Waals surface area contributed by atoms with Crippen molar-refractivity contribution in [3.8, 4) is 0 Å². The molecule has 3 rings (SSSR count). The van der Waals surface area contributed by atoms with Gasteiger partial charge >= 0.3 is 0 Å². The summed E-state index contributed by atoms with van der Waals surface area (Å²) in [5.41, 5.74) is 0.372. The van der Waals surface area contributed by atoms with E-state index in [1.807, 2.05) is 0 Å². The zero-order chi connectivity index (χ0) is 29.6. The molecule has 7 nitrogen and oxygen atoms in total. The normalized spacial score (nSPS) is 12.2. The van der Waals surface area contributed by atoms with Gasteiger partial charge in [-0.2, -0.15) is 0 Å². The molecule has 0 radical (unpaired) electrons. The molecule has 1 N–H and O–H groups in total. The van der Waals surface area contributed by atoms with Crippen LogP contribution in [0.25, 0.3) is 0 Å². The number of carbonyl (C=O) groups is 2. The SMILES string of the molecule is CCC(C(=O)NC(C)C)N(Cc1c(Cl)cccc1Cl)C(=O)CN(c1ccc(F)c(Cl)c1)S(=O)(=O)c1ccccc1. The third-order valence-corrected chi connectivity index (χ3v) is 8.79. The van der Waals surface area contributed by atoms with Crippen molar-refractivity contribution in [3.05, 3.63) is 93.2 Å². The van der Waals surface area contributed by atoms with Crippen LogP contribution in [0.1, 0.15) is 32.8 Å². The highest BCUT2D eigenvalue weighted by Crippen LogP contribution is 2.30. The van der Waals surface area contributed by atoms with Gasteiger partial charge in [-0.15, -0.1) is 0 Å². The third kappa shape index (κ3) is 7.46. The minimum absolute atomic E-state index is 0.0287. The van der Waals surface area contributed by atoms with Crippen LogP contribution in [0, 0.1) is 5.82 Å². The molecule has 0 saturated carbocycles. The van der Waals surface area contributed by atoms with Crippen LogP contribution < -0.4 is 9.62 Å². The van der Waals surface area contributed by atoms with Crippen LogP contribution in [0.4, 0.5) is 10.1 Å². The first kappa shape index (κ1) is 31.7. The fraction of sp³-hybridized carbons (Fsp3) is 0.286. The van der Waals surface area contributed by atoms with Gasteiger partial charge in [0.1, 0.15) is 18.4 Å². The summed E-state index contributed by atoms with van der Waals surface area (Å²) in [6.45, 7) is 4.43. The first-order valence-corrected chi connectivity index (χ1v) is 15.0. The van der Waals surface area contributed by atoms with Gasteiger partial charge in [0, 0.05) is 28.2 Å². The van der Waals surface area contributed by atoms with E-state index in [1.54, 1.807) is 57.2 Å². The van der Waals surface area contributed by atoms with E-state index < -0.39 is 40.2 Å². The Morgan fingerprint density at radius 3 is 2.10 bits per heavy atom. The summed E-state index contributed by atoms with van der Waals surface area (Å²) in [5.74, 6) is -1.88. The van der Waals surface area contributed by atoms with E-state index >= 15 is 0 Å². The smallest absolute Gasteiger partial charge is 0.264 e. The Morgan fingerprint density at radius 1 is 0.925 bits per heavy atom. The number of benzene rings is 3. The molecule has 0 aliphatic rings. The van der Waals surface area contributed by atoms with E-state index in [1.165, 1.54) is 23.1 Å². The number of anilines is 1. The lowest BCUT2D eigenvalue weighted by molar-refractivity contribution is -0.140. The molecule has 40 heavy (non-hydrogen) atoms. The molecule has 0 aromatic heterocycles. The average Bonchev–Trinajstić information content (AvgIpc) is 2.90. The van der Waals surface area contributed by atoms with Crippen molar-refractivity contribution in [1.29, 1.82) is 0 Å². The number of nitrogens with zero attached hydrogens (tertiary/aromatic N) is 2. The van der Waals surface area contributed by atoms with Crippen LogP contribution in [-0.4, -0.2) is 43.8 Å². The largest absolute Gasteiger partial charge is 0.352 e. The zero-order valence-electron chi connectivity index (χ0n) is 22.1. The molecular weight excluding hydrogens is 600 g/mol. The van der Waals surface area contributed by atoms with Crippen LogP contribution in [0.15, 0.2) is 71.6 Å². The summed E-state index contributed by atoms with van der Waals surface area (Å²) in [4.78, 5) is 28.4. The van der Waals surface area contributed by atoms with Gasteiger partial charge in [-0.1, -0.05) is 66.0 Å². The second kappa shape index (κ2) is 13.7. The van der Waals surface area contributed by atoms with E-state index in [-0.39, 0.29) is 44.7 Å². The Labute approximate surface area is 248 Å². The number of nitrogens with one attached hydrogen (secondary N) is 1. The van der Waals surface area contributed by atoms with Crippen LogP contribution in [0.5, 0.6) is 0 Å². The van der Waals surface area contributed by atoms with E-state index in [9.17, 15) is 22.4 Å². The molecule has 0 aliphatic heterocycles. The fourth-order valence-corrected chi connectivity index (χ4v) is 6.16. The van der Waals surface area contributed by atoms with E-state index in [4.69, 9.17) is 34.8 Å². The summed E-state index contributed by atoms with van der Waals surface area (Å²) in [6.07, 6.45) is 0.222. The molecule has 1 unspecified atom stereocenters. The predicted octanol–water partition coefficient (Wildman–Crippen LogP) is 6.31. The molecule has 12 heteroatoms. The van der Waals surface area contributed by atoms with Gasteiger partial charge in [-0.05, 0) is 62.7 Å². The maximum absolute atomic E-state index is 14.0. The lowest BCUT2D eigenvalue weighted by atomic mass is 10.1. The maximum Gasteiger partial charge on any atom is 0.264 e. The highest BCUT2D eigenvalue weighted by molar-refractivity contribution is 7.92. The van der Waals surface area contributed by atoms with E-state index in [0.717, 1.165) is 16.4 Å². The van der Waals surface area contributed by atoms with Crippen molar-refractivity contribution in [2.24, 2.45) is 0 Å². The Morgan fingerprint density at radius 2 is 1.55 bits per heavy atom. The fourth-order valence-electron chi connectivity index (χ4n) is 4.04. The van der Waals surface area contributed by atoms with Gasteiger partial charge in [0.15, 0.2) is 0 Å². The lowest BCUT2D eigenvalue weighted by Gasteiger charge is -2.34. The molecule has 0 fully saturated rings. The summed E-state index contributed by atoms with van der Waals surface area (Å²) in [7, 11) is -4.32. The summed E-state index contributed by atoms with van der Waals surface area (Å²) < 4.78 is 42.4. The maximum atomic E-state index is 14.0. The van der Waals surface area contributed by atoms with Crippen molar-refractivity contribution in [1.82, 2.24) is 10.2 Å². The van der Waals surface area contributed by atoms with Gasteiger partial charge in [0.25, 0.3) is 10.0 Å². The Hall–Kier alpha value is -2.85. The molecule has 0 spiro atoms. The third-order valence-electron chi connectivity index (χ3n) is 6.01. The highest BCUT2D eigenvalue weighted by Gasteiger charge is 2.34. The Bertz CT molecular complexity index is 1450. The molecular formula is C28H29Cl3FN3O4S. The summed E-state index contributed by atoms with van der Waals surface area (Å²) in [6, 6.07) is 14.5. The van der Waals surface area contributed by atoms with Crippen LogP contribution in [0.2, 0.25) is 15.1 Å². The molecule has 1 atom stereocenters. The second-order valence-corrected chi connectivity index (χ2v) is 12.3. The Kier molecular flexibility index (Phi) is 10.8. The monoisotopic (exact) mass is 627 g/mol. The molecule has 3 aromatic carbocycles. The highest BCUT2D eigenvalue weighted by atomic mass is 35.5. The van der Waals surface area contributed by atoms with Gasteiger partial charge in [0.05, 0.1) is 15.6 Å². The van der Waals surface area contributed by atoms with Gasteiger partial charge in [-0.25, -0.2) is 12.8 Å². The van der Waals surface area contributed by atoms with Crippen molar-refractivity contribution in [2.45, 2.75) is 50.7 Å². The summed E-state index contributed by atoms with van der Waals surface area (Å²) in [5, 5.41) is 3.05. The number of carbonyl (C=O) groups excluding carboxylic acids is 2. The van der Waals surface area contributed by atoms with Crippen molar-refractivity contribution in [3.63, 3.8) is 0 Å². The number of hydrogen-bond acceptors (Lipinski definition) is 4. The van der Waals surface area contributed by atoms with Gasteiger partial charge in [-0.3, -0.25) is 13.9 Å². The molecule has 0 saturated heterocycles. The average molecular weight is 629 g/mol.